The molecule has 0 spiro atoms. The van der Waals surface area contributed by atoms with Crippen molar-refractivity contribution in [1.82, 2.24) is 4.98 Å². The predicted molar refractivity (Wildman–Crippen MR) is 56.3 cm³/mol. The molecule has 6 heteroatoms. The molecule has 0 atom stereocenters. The molecule has 1 rings (SSSR count). The molecule has 0 bridgehead atoms. The van der Waals surface area contributed by atoms with Crippen LogP contribution in [0.4, 0.5) is 5.69 Å². The van der Waals surface area contributed by atoms with Crippen LogP contribution < -0.4 is 5.32 Å². The number of carbonyl (C=O) groups is 2. The zero-order valence-corrected chi connectivity index (χ0v) is 8.77. The first-order valence-corrected chi connectivity index (χ1v) is 4.70. The van der Waals surface area contributed by atoms with E-state index in [4.69, 9.17) is 9.84 Å². The van der Waals surface area contributed by atoms with Crippen LogP contribution in [0.3, 0.4) is 0 Å². The molecule has 0 aliphatic rings. The van der Waals surface area contributed by atoms with Crippen LogP contribution >= 0.6 is 0 Å². The van der Waals surface area contributed by atoms with Gasteiger partial charge in [0.2, 0.25) is 5.91 Å². The van der Waals surface area contributed by atoms with E-state index in [0.717, 1.165) is 0 Å². The molecule has 0 fully saturated rings. The first-order valence-electron chi connectivity index (χ1n) is 4.70. The Morgan fingerprint density at radius 1 is 1.56 bits per heavy atom. The van der Waals surface area contributed by atoms with Gasteiger partial charge in [-0.3, -0.25) is 9.78 Å². The fraction of sp³-hybridized carbons (Fsp3) is 0.300. The van der Waals surface area contributed by atoms with Crippen molar-refractivity contribution in [2.24, 2.45) is 0 Å². The van der Waals surface area contributed by atoms with E-state index in [0.29, 0.717) is 6.61 Å². The number of pyridine rings is 1. The molecule has 1 aromatic rings. The molecule has 6 nitrogen and oxygen atoms in total. The van der Waals surface area contributed by atoms with Gasteiger partial charge in [0.15, 0.2) is 0 Å². The van der Waals surface area contributed by atoms with E-state index in [2.05, 4.69) is 10.3 Å². The van der Waals surface area contributed by atoms with Gasteiger partial charge in [0.25, 0.3) is 0 Å². The smallest absolute Gasteiger partial charge is 0.337 e. The Kier molecular flexibility index (Phi) is 4.41. The maximum absolute atomic E-state index is 11.3. The number of nitrogens with one attached hydrogen (secondary N) is 1. The highest BCUT2D eigenvalue weighted by Crippen LogP contribution is 2.12. The summed E-state index contributed by atoms with van der Waals surface area (Å²) in [5.74, 6) is -1.52. The zero-order valence-electron chi connectivity index (χ0n) is 8.77. The standard InChI is InChI=1S/C10H12N2O4/c1-2-16-6-9(13)12-8-5-11-4-3-7(8)10(14)15/h3-5H,2,6H2,1H3,(H,12,13)(H,14,15). The van der Waals surface area contributed by atoms with Crippen molar-refractivity contribution in [3.63, 3.8) is 0 Å². The highest BCUT2D eigenvalue weighted by molar-refractivity contribution is 6.00. The zero-order chi connectivity index (χ0) is 12.0. The third-order valence-electron chi connectivity index (χ3n) is 1.76. The number of hydrogen-bond donors (Lipinski definition) is 2. The Morgan fingerprint density at radius 3 is 2.94 bits per heavy atom. The number of amides is 1. The molecule has 16 heavy (non-hydrogen) atoms. The van der Waals surface area contributed by atoms with Crippen molar-refractivity contribution in [1.29, 1.82) is 0 Å². The van der Waals surface area contributed by atoms with Crippen LogP contribution in [0.1, 0.15) is 17.3 Å². The van der Waals surface area contributed by atoms with Gasteiger partial charge in [-0.15, -0.1) is 0 Å². The molecular formula is C10H12N2O4. The molecule has 0 saturated carbocycles. The van der Waals surface area contributed by atoms with Crippen molar-refractivity contribution >= 4 is 17.6 Å². The van der Waals surface area contributed by atoms with Crippen LogP contribution in [-0.4, -0.2) is 35.2 Å². The van der Waals surface area contributed by atoms with Crippen LogP contribution in [0.2, 0.25) is 0 Å². The number of carboxylic acid groups (broad SMARTS) is 1. The third kappa shape index (κ3) is 3.32. The first-order chi connectivity index (χ1) is 7.65. The lowest BCUT2D eigenvalue weighted by Gasteiger charge is -2.07. The summed E-state index contributed by atoms with van der Waals surface area (Å²) in [4.78, 5) is 25.8. The van der Waals surface area contributed by atoms with E-state index in [1.165, 1.54) is 18.5 Å². The number of carboxylic acids is 1. The highest BCUT2D eigenvalue weighted by atomic mass is 16.5. The quantitative estimate of drug-likeness (QED) is 0.770. The summed E-state index contributed by atoms with van der Waals surface area (Å²) in [5.41, 5.74) is 0.166. The summed E-state index contributed by atoms with van der Waals surface area (Å²) in [7, 11) is 0. The molecule has 2 N–H and O–H groups in total. The number of anilines is 1. The van der Waals surface area contributed by atoms with E-state index >= 15 is 0 Å². The van der Waals surface area contributed by atoms with E-state index in [1.807, 2.05) is 0 Å². The van der Waals surface area contributed by atoms with Gasteiger partial charge in [0.05, 0.1) is 17.4 Å². The fourth-order valence-corrected chi connectivity index (χ4v) is 1.06. The van der Waals surface area contributed by atoms with Crippen LogP contribution in [0.15, 0.2) is 18.5 Å². The Labute approximate surface area is 92.3 Å². The third-order valence-corrected chi connectivity index (χ3v) is 1.76. The molecule has 0 radical (unpaired) electrons. The maximum Gasteiger partial charge on any atom is 0.337 e. The minimum Gasteiger partial charge on any atom is -0.478 e. The molecule has 0 unspecified atom stereocenters. The predicted octanol–water partition coefficient (Wildman–Crippen LogP) is 0.755. The Balaban J connectivity index is 2.73. The van der Waals surface area contributed by atoms with E-state index < -0.39 is 11.9 Å². The number of rotatable bonds is 5. The lowest BCUT2D eigenvalue weighted by Crippen LogP contribution is -2.20. The number of hydrogen-bond acceptors (Lipinski definition) is 4. The number of nitrogens with zero attached hydrogens (tertiary/aromatic N) is 1. The lowest BCUT2D eigenvalue weighted by atomic mass is 10.2. The van der Waals surface area contributed by atoms with Gasteiger partial charge in [-0.1, -0.05) is 0 Å². The average Bonchev–Trinajstić information content (AvgIpc) is 2.27. The summed E-state index contributed by atoms with van der Waals surface area (Å²) in [6.07, 6.45) is 2.63. The molecule has 0 aliphatic carbocycles. The second-order valence-corrected chi connectivity index (χ2v) is 2.91. The van der Waals surface area contributed by atoms with E-state index in [9.17, 15) is 9.59 Å². The van der Waals surface area contributed by atoms with E-state index in [-0.39, 0.29) is 17.9 Å². The van der Waals surface area contributed by atoms with Gasteiger partial charge in [0.1, 0.15) is 6.61 Å². The minimum atomic E-state index is -1.12. The Bertz CT molecular complexity index is 392. The summed E-state index contributed by atoms with van der Waals surface area (Å²) in [6, 6.07) is 1.32. The van der Waals surface area contributed by atoms with Gasteiger partial charge < -0.3 is 15.2 Å². The number of aromatic carboxylic acids is 1. The maximum atomic E-state index is 11.3. The molecule has 1 heterocycles. The molecule has 1 amide bonds. The molecule has 86 valence electrons. The topological polar surface area (TPSA) is 88.5 Å². The number of aromatic nitrogens is 1. The summed E-state index contributed by atoms with van der Waals surface area (Å²) in [6.45, 7) is 2.08. The van der Waals surface area contributed by atoms with Crippen LogP contribution in [0.5, 0.6) is 0 Å². The van der Waals surface area contributed by atoms with Crippen molar-refractivity contribution in [2.75, 3.05) is 18.5 Å². The SMILES string of the molecule is CCOCC(=O)Nc1cnccc1C(=O)O. The van der Waals surface area contributed by atoms with Gasteiger partial charge >= 0.3 is 5.97 Å². The fourth-order valence-electron chi connectivity index (χ4n) is 1.06. The summed E-state index contributed by atoms with van der Waals surface area (Å²) >= 11 is 0. The monoisotopic (exact) mass is 224 g/mol. The van der Waals surface area contributed by atoms with Gasteiger partial charge in [-0.05, 0) is 13.0 Å². The molecule has 0 aliphatic heterocycles. The normalized spacial score (nSPS) is 9.81. The van der Waals surface area contributed by atoms with Crippen molar-refractivity contribution in [2.45, 2.75) is 6.92 Å². The van der Waals surface area contributed by atoms with Crippen LogP contribution in [0.25, 0.3) is 0 Å². The minimum absolute atomic E-state index is 0.000140. The van der Waals surface area contributed by atoms with Gasteiger partial charge in [-0.25, -0.2) is 4.79 Å². The van der Waals surface area contributed by atoms with E-state index in [1.54, 1.807) is 6.92 Å². The first kappa shape index (κ1) is 12.1. The molecule has 0 saturated heterocycles. The Hall–Kier alpha value is -1.95. The van der Waals surface area contributed by atoms with Crippen molar-refractivity contribution in [3.05, 3.63) is 24.0 Å². The largest absolute Gasteiger partial charge is 0.478 e. The number of ether oxygens (including phenoxy) is 1. The molecule has 0 aromatic carbocycles. The molecule has 1 aromatic heterocycles. The Morgan fingerprint density at radius 2 is 2.31 bits per heavy atom. The van der Waals surface area contributed by atoms with Crippen molar-refractivity contribution < 1.29 is 19.4 Å². The van der Waals surface area contributed by atoms with Gasteiger partial charge in [0, 0.05) is 12.8 Å². The summed E-state index contributed by atoms with van der Waals surface area (Å²) in [5, 5.41) is 11.3. The van der Waals surface area contributed by atoms with Crippen LogP contribution in [0, 0.1) is 0 Å². The van der Waals surface area contributed by atoms with Crippen LogP contribution in [-0.2, 0) is 9.53 Å². The van der Waals surface area contributed by atoms with Crippen molar-refractivity contribution in [3.8, 4) is 0 Å². The second kappa shape index (κ2) is 5.82. The highest BCUT2D eigenvalue weighted by Gasteiger charge is 2.11. The lowest BCUT2D eigenvalue weighted by molar-refractivity contribution is -0.120. The van der Waals surface area contributed by atoms with Gasteiger partial charge in [-0.2, -0.15) is 0 Å². The second-order valence-electron chi connectivity index (χ2n) is 2.91. The number of carbonyl (C=O) groups excluding carboxylic acids is 1. The summed E-state index contributed by atoms with van der Waals surface area (Å²) < 4.78 is 4.89. The molecular weight excluding hydrogens is 212 g/mol. The average molecular weight is 224 g/mol.